The fourth-order valence-electron chi connectivity index (χ4n) is 3.82. The van der Waals surface area contributed by atoms with Crippen molar-refractivity contribution in [3.63, 3.8) is 0 Å². The molecule has 0 radical (unpaired) electrons. The van der Waals surface area contributed by atoms with Gasteiger partial charge >= 0.3 is 11.7 Å². The molecule has 2 atom stereocenters. The predicted octanol–water partition coefficient (Wildman–Crippen LogP) is 5.94. The first-order chi connectivity index (χ1) is 16.7. The molecule has 1 aromatic carbocycles. The maximum Gasteiger partial charge on any atom is 0.410 e. The van der Waals surface area contributed by atoms with Crippen LogP contribution >= 0.6 is 11.3 Å². The quantitative estimate of drug-likeness (QED) is 0.336. The molecule has 3 rings (SSSR count). The van der Waals surface area contributed by atoms with Crippen molar-refractivity contribution in [2.75, 3.05) is 7.11 Å². The zero-order chi connectivity index (χ0) is 25.5. The van der Waals surface area contributed by atoms with Crippen molar-refractivity contribution in [3.05, 3.63) is 74.8 Å². The summed E-state index contributed by atoms with van der Waals surface area (Å²) in [6.45, 7) is 5.73. The lowest BCUT2D eigenvalue weighted by atomic mass is 9.95. The lowest BCUT2D eigenvalue weighted by Crippen LogP contribution is -2.22. The molecule has 0 saturated carbocycles. The van der Waals surface area contributed by atoms with Crippen molar-refractivity contribution in [2.45, 2.75) is 52.4 Å². The minimum atomic E-state index is -0.824. The second kappa shape index (κ2) is 11.8. The van der Waals surface area contributed by atoms with E-state index >= 15 is 0 Å². The van der Waals surface area contributed by atoms with E-state index < -0.39 is 23.4 Å². The van der Waals surface area contributed by atoms with Gasteiger partial charge in [0.1, 0.15) is 17.1 Å². The van der Waals surface area contributed by atoms with Gasteiger partial charge in [-0.05, 0) is 48.8 Å². The van der Waals surface area contributed by atoms with E-state index in [1.54, 1.807) is 24.3 Å². The van der Waals surface area contributed by atoms with Crippen LogP contribution in [0.25, 0.3) is 10.1 Å². The minimum Gasteiger partial charge on any atom is -0.507 e. The number of hydrogen-bond acceptors (Lipinski definition) is 7. The fraction of sp³-hybridized carbons (Fsp3) is 0.370. The standard InChI is InChI=1S/C27H31NO6S/c1-5-18-9-10-19-14-20(35-23(19)13-18)12-17(3)25(30)24-21(29)15-22(34-26(24)31)16(2)8-6-7-11-28-27(32)33-4/h7,9-11,13-17,29H,5-6,8,12H2,1-4H3,(H,28,32)/b11-7+. The smallest absolute Gasteiger partial charge is 0.410 e. The van der Waals surface area contributed by atoms with E-state index in [1.165, 1.54) is 29.6 Å². The topological polar surface area (TPSA) is 106 Å². The van der Waals surface area contributed by atoms with Crippen molar-refractivity contribution < 1.29 is 23.8 Å². The Morgan fingerprint density at radius 2 is 2.00 bits per heavy atom. The van der Waals surface area contributed by atoms with Crippen LogP contribution in [0.4, 0.5) is 4.79 Å². The molecular formula is C27H31NO6S. The molecule has 3 aromatic rings. The van der Waals surface area contributed by atoms with Crippen LogP contribution in [0.15, 0.2) is 51.8 Å². The van der Waals surface area contributed by atoms with Crippen molar-refractivity contribution in [1.29, 1.82) is 0 Å². The number of methoxy groups -OCH3 is 1. The molecule has 0 fully saturated rings. The zero-order valence-electron chi connectivity index (χ0n) is 20.4. The summed E-state index contributed by atoms with van der Waals surface area (Å²) < 4.78 is 11.1. The van der Waals surface area contributed by atoms with Crippen LogP contribution in [0, 0.1) is 5.92 Å². The molecule has 0 bridgehead atoms. The van der Waals surface area contributed by atoms with Gasteiger partial charge in [-0.1, -0.05) is 39.0 Å². The normalized spacial score (nSPS) is 13.1. The van der Waals surface area contributed by atoms with Crippen molar-refractivity contribution >= 4 is 33.3 Å². The number of aryl methyl sites for hydroxylation is 1. The molecule has 2 N–H and O–H groups in total. The highest BCUT2D eigenvalue weighted by molar-refractivity contribution is 7.19. The van der Waals surface area contributed by atoms with Gasteiger partial charge in [-0.2, -0.15) is 0 Å². The molecule has 0 spiro atoms. The second-order valence-corrected chi connectivity index (χ2v) is 9.79. The molecule has 2 aromatic heterocycles. The number of ketones is 1. The zero-order valence-corrected chi connectivity index (χ0v) is 21.2. The van der Waals surface area contributed by atoms with E-state index in [-0.39, 0.29) is 17.2 Å². The lowest BCUT2D eigenvalue weighted by Gasteiger charge is -2.13. The molecular weight excluding hydrogens is 466 g/mol. The Kier molecular flexibility index (Phi) is 8.87. The van der Waals surface area contributed by atoms with E-state index in [1.807, 2.05) is 6.92 Å². The van der Waals surface area contributed by atoms with Crippen molar-refractivity contribution in [1.82, 2.24) is 5.32 Å². The third-order valence-electron chi connectivity index (χ3n) is 5.95. The number of benzene rings is 1. The van der Waals surface area contributed by atoms with Gasteiger partial charge in [-0.25, -0.2) is 9.59 Å². The van der Waals surface area contributed by atoms with E-state index in [2.05, 4.69) is 41.2 Å². The Bertz CT molecular complexity index is 1290. The number of allylic oxidation sites excluding steroid dienone is 1. The molecule has 0 saturated heterocycles. The number of hydrogen-bond donors (Lipinski definition) is 2. The van der Waals surface area contributed by atoms with Crippen LogP contribution < -0.4 is 10.9 Å². The van der Waals surface area contributed by atoms with Gasteiger partial charge < -0.3 is 14.3 Å². The Hall–Kier alpha value is -3.39. The van der Waals surface area contributed by atoms with Gasteiger partial charge in [0.15, 0.2) is 5.78 Å². The highest BCUT2D eigenvalue weighted by Gasteiger charge is 2.25. The van der Waals surface area contributed by atoms with Crippen LogP contribution in [0.1, 0.15) is 66.1 Å². The number of aromatic hydroxyl groups is 1. The number of thiophene rings is 1. The van der Waals surface area contributed by atoms with Crippen LogP contribution in [0.2, 0.25) is 0 Å². The van der Waals surface area contributed by atoms with Gasteiger partial charge in [0.25, 0.3) is 0 Å². The van der Waals surface area contributed by atoms with E-state index in [9.17, 15) is 19.5 Å². The van der Waals surface area contributed by atoms with Gasteiger partial charge in [0, 0.05) is 33.7 Å². The number of fused-ring (bicyclic) bond motifs is 1. The number of amides is 1. The molecule has 35 heavy (non-hydrogen) atoms. The van der Waals surface area contributed by atoms with Crippen LogP contribution in [-0.2, 0) is 17.6 Å². The number of Topliss-reactive ketones (excluding diaryl/α,β-unsaturated/α-hetero) is 1. The molecule has 8 heteroatoms. The van der Waals surface area contributed by atoms with Crippen LogP contribution in [0.5, 0.6) is 5.75 Å². The fourth-order valence-corrected chi connectivity index (χ4v) is 5.08. The monoisotopic (exact) mass is 497 g/mol. The van der Waals surface area contributed by atoms with Crippen molar-refractivity contribution in [2.24, 2.45) is 5.92 Å². The summed E-state index contributed by atoms with van der Waals surface area (Å²) in [5, 5.41) is 14.1. The van der Waals surface area contributed by atoms with Gasteiger partial charge in [0.05, 0.1) is 7.11 Å². The average molecular weight is 498 g/mol. The first-order valence-electron chi connectivity index (χ1n) is 11.7. The minimum absolute atomic E-state index is 0.176. The summed E-state index contributed by atoms with van der Waals surface area (Å²) in [6.07, 6.45) is 5.32. The van der Waals surface area contributed by atoms with Crippen LogP contribution in [-0.4, -0.2) is 24.1 Å². The summed E-state index contributed by atoms with van der Waals surface area (Å²) in [4.78, 5) is 37.8. The highest BCUT2D eigenvalue weighted by atomic mass is 32.1. The molecule has 0 aliphatic heterocycles. The van der Waals surface area contributed by atoms with E-state index in [0.717, 1.165) is 16.7 Å². The summed E-state index contributed by atoms with van der Waals surface area (Å²) in [6, 6.07) is 9.79. The number of carbonyl (C=O) groups excluding carboxylic acids is 2. The summed E-state index contributed by atoms with van der Waals surface area (Å²) in [5.41, 5.74) is 0.140. The lowest BCUT2D eigenvalue weighted by molar-refractivity contribution is 0.0922. The molecule has 0 aliphatic carbocycles. The Labute approximate surface area is 208 Å². The molecule has 7 nitrogen and oxygen atoms in total. The summed E-state index contributed by atoms with van der Waals surface area (Å²) in [5.74, 6) is -1.14. The first-order valence-corrected chi connectivity index (χ1v) is 12.5. The summed E-state index contributed by atoms with van der Waals surface area (Å²) in [7, 11) is 1.28. The SMILES string of the molecule is CCc1ccc2cc(CC(C)C(=O)c3c(O)cc(C(C)CC/C=C/NC(=O)OC)oc3=O)sc2c1. The third-order valence-corrected chi connectivity index (χ3v) is 7.07. The highest BCUT2D eigenvalue weighted by Crippen LogP contribution is 2.30. The Morgan fingerprint density at radius 3 is 2.69 bits per heavy atom. The van der Waals surface area contributed by atoms with Gasteiger partial charge in [-0.3, -0.25) is 10.1 Å². The van der Waals surface area contributed by atoms with Gasteiger partial charge in [0.2, 0.25) is 0 Å². The third kappa shape index (κ3) is 6.60. The molecule has 186 valence electrons. The number of carbonyl (C=O) groups is 2. The molecule has 2 heterocycles. The predicted molar refractivity (Wildman–Crippen MR) is 137 cm³/mol. The number of alkyl carbamates (subject to hydrolysis) is 1. The largest absolute Gasteiger partial charge is 0.507 e. The maximum atomic E-state index is 13.0. The number of nitrogens with one attached hydrogen (secondary N) is 1. The van der Waals surface area contributed by atoms with E-state index in [4.69, 9.17) is 4.42 Å². The van der Waals surface area contributed by atoms with E-state index in [0.29, 0.717) is 25.0 Å². The number of rotatable bonds is 10. The van der Waals surface area contributed by atoms with Gasteiger partial charge in [-0.15, -0.1) is 11.3 Å². The molecule has 1 amide bonds. The maximum absolute atomic E-state index is 13.0. The summed E-state index contributed by atoms with van der Waals surface area (Å²) >= 11 is 1.64. The first kappa shape index (κ1) is 26.2. The Morgan fingerprint density at radius 1 is 1.23 bits per heavy atom. The average Bonchev–Trinajstić information content (AvgIpc) is 3.24. The van der Waals surface area contributed by atoms with Crippen LogP contribution in [0.3, 0.4) is 0 Å². The van der Waals surface area contributed by atoms with Crippen molar-refractivity contribution in [3.8, 4) is 5.75 Å². The molecule has 2 unspecified atom stereocenters. The second-order valence-electron chi connectivity index (χ2n) is 8.62. The molecule has 0 aliphatic rings. The number of ether oxygens (including phenoxy) is 1. The Balaban J connectivity index is 1.67.